The lowest BCUT2D eigenvalue weighted by atomic mass is 10.1. The van der Waals surface area contributed by atoms with Crippen LogP contribution in [0.5, 0.6) is 0 Å². The molecular formula is C15H25N5O8S. The topological polar surface area (TPSA) is 231 Å². The van der Waals surface area contributed by atoms with Crippen molar-refractivity contribution in [2.24, 2.45) is 11.5 Å². The summed E-state index contributed by atoms with van der Waals surface area (Å²) >= 11 is 3.86. The maximum Gasteiger partial charge on any atom is 0.322 e. The lowest BCUT2D eigenvalue weighted by Crippen LogP contribution is -2.56. The lowest BCUT2D eigenvalue weighted by Gasteiger charge is -2.23. The number of nitrogens with one attached hydrogen (secondary N) is 3. The van der Waals surface area contributed by atoms with Gasteiger partial charge in [-0.1, -0.05) is 0 Å². The van der Waals surface area contributed by atoms with Crippen LogP contribution in [0.25, 0.3) is 0 Å². The van der Waals surface area contributed by atoms with Gasteiger partial charge in [0.05, 0.1) is 6.04 Å². The molecule has 0 aliphatic rings. The van der Waals surface area contributed by atoms with Crippen LogP contribution in [-0.4, -0.2) is 76.2 Å². The Kier molecular flexibility index (Phi) is 12.0. The Balaban J connectivity index is 5.29. The fraction of sp³-hybridized carbons (Fsp3) is 0.600. The minimum Gasteiger partial charge on any atom is -0.481 e. The third-order valence-corrected chi connectivity index (χ3v) is 3.93. The summed E-state index contributed by atoms with van der Waals surface area (Å²) in [5.74, 6) is -5.90. The molecule has 0 fully saturated rings. The molecule has 13 nitrogen and oxygen atoms in total. The van der Waals surface area contributed by atoms with Crippen LogP contribution >= 0.6 is 12.6 Å². The summed E-state index contributed by atoms with van der Waals surface area (Å²) in [7, 11) is 0. The molecule has 0 bridgehead atoms. The average molecular weight is 435 g/mol. The standard InChI is InChI=1S/C15H25N5O8S/c16-7(6-29)13(26)19-9(2-4-11(22)23)15(28)20-8(1-3-10(17)21)14(27)18-5-12(24)25/h7-9,29H,1-6,16H2,(H2,17,21)(H,18,27)(H,19,26)(H,20,28)(H,22,23)(H,24,25). The molecule has 0 aromatic carbocycles. The highest BCUT2D eigenvalue weighted by Gasteiger charge is 2.28. The van der Waals surface area contributed by atoms with Gasteiger partial charge in [0.15, 0.2) is 0 Å². The number of carbonyl (C=O) groups excluding carboxylic acids is 4. The normalized spacial score (nSPS) is 13.4. The highest BCUT2D eigenvalue weighted by Crippen LogP contribution is 2.03. The predicted molar refractivity (Wildman–Crippen MR) is 102 cm³/mol. The average Bonchev–Trinajstić information content (AvgIpc) is 2.64. The Morgan fingerprint density at radius 3 is 1.83 bits per heavy atom. The Bertz CT molecular complexity index is 644. The first kappa shape index (κ1) is 26.1. The van der Waals surface area contributed by atoms with Gasteiger partial charge in [0.1, 0.15) is 18.6 Å². The number of rotatable bonds is 14. The van der Waals surface area contributed by atoms with Gasteiger partial charge in [-0.05, 0) is 12.8 Å². The second kappa shape index (κ2) is 13.3. The van der Waals surface area contributed by atoms with Gasteiger partial charge >= 0.3 is 11.9 Å². The number of carboxylic acids is 2. The summed E-state index contributed by atoms with van der Waals surface area (Å²) in [4.78, 5) is 68.9. The first-order valence-electron chi connectivity index (χ1n) is 8.44. The molecule has 0 aromatic heterocycles. The van der Waals surface area contributed by atoms with Crippen LogP contribution in [-0.2, 0) is 28.8 Å². The van der Waals surface area contributed by atoms with Crippen molar-refractivity contribution in [2.45, 2.75) is 43.8 Å². The monoisotopic (exact) mass is 435 g/mol. The molecule has 0 aliphatic carbocycles. The Morgan fingerprint density at radius 2 is 1.34 bits per heavy atom. The van der Waals surface area contributed by atoms with E-state index in [1.807, 2.05) is 0 Å². The summed E-state index contributed by atoms with van der Waals surface area (Å²) in [6, 6.07) is -3.73. The van der Waals surface area contributed by atoms with Crippen LogP contribution in [0.3, 0.4) is 0 Å². The zero-order valence-electron chi connectivity index (χ0n) is 15.4. The van der Waals surface area contributed by atoms with E-state index in [4.69, 9.17) is 21.7 Å². The number of thiol groups is 1. The third kappa shape index (κ3) is 11.5. The molecule has 0 aromatic rings. The van der Waals surface area contributed by atoms with Crippen molar-refractivity contribution < 1.29 is 39.0 Å². The molecule has 0 spiro atoms. The number of carbonyl (C=O) groups is 6. The molecule has 0 heterocycles. The van der Waals surface area contributed by atoms with Crippen LogP contribution in [0.4, 0.5) is 0 Å². The molecule has 4 amide bonds. The number of carboxylic acid groups (broad SMARTS) is 2. The molecule has 3 unspecified atom stereocenters. The summed E-state index contributed by atoms with van der Waals surface area (Å²) in [6.45, 7) is -0.724. The molecule has 0 rings (SSSR count). The van der Waals surface area contributed by atoms with Gasteiger partial charge in [-0.3, -0.25) is 28.8 Å². The molecular weight excluding hydrogens is 410 g/mol. The second-order valence-electron chi connectivity index (χ2n) is 5.96. The summed E-state index contributed by atoms with van der Waals surface area (Å²) in [5.41, 5.74) is 10.5. The Labute approximate surface area is 171 Å². The number of hydrogen-bond donors (Lipinski definition) is 8. The van der Waals surface area contributed by atoms with E-state index in [9.17, 15) is 28.8 Å². The molecule has 0 radical (unpaired) electrons. The zero-order valence-corrected chi connectivity index (χ0v) is 16.3. The van der Waals surface area contributed by atoms with Crippen molar-refractivity contribution in [3.8, 4) is 0 Å². The predicted octanol–water partition coefficient (Wildman–Crippen LogP) is -3.46. The van der Waals surface area contributed by atoms with Gasteiger partial charge in [-0.15, -0.1) is 0 Å². The smallest absolute Gasteiger partial charge is 0.322 e. The maximum atomic E-state index is 12.5. The number of aliphatic carboxylic acids is 2. The minimum absolute atomic E-state index is 0.0298. The molecule has 29 heavy (non-hydrogen) atoms. The van der Waals surface area contributed by atoms with Crippen LogP contribution in [0.1, 0.15) is 25.7 Å². The van der Waals surface area contributed by atoms with Gasteiger partial charge in [0.25, 0.3) is 0 Å². The maximum absolute atomic E-state index is 12.5. The highest BCUT2D eigenvalue weighted by atomic mass is 32.1. The van der Waals surface area contributed by atoms with Crippen LogP contribution in [0.2, 0.25) is 0 Å². The number of nitrogens with two attached hydrogens (primary N) is 2. The van der Waals surface area contributed by atoms with E-state index in [0.29, 0.717) is 0 Å². The van der Waals surface area contributed by atoms with Gasteiger partial charge in [0.2, 0.25) is 23.6 Å². The lowest BCUT2D eigenvalue weighted by molar-refractivity contribution is -0.139. The Hall–Kier alpha value is -2.87. The van der Waals surface area contributed by atoms with Gasteiger partial charge in [-0.25, -0.2) is 0 Å². The molecule has 0 saturated heterocycles. The number of primary amides is 1. The highest BCUT2D eigenvalue weighted by molar-refractivity contribution is 7.80. The Morgan fingerprint density at radius 1 is 0.828 bits per heavy atom. The largest absolute Gasteiger partial charge is 0.481 e. The zero-order chi connectivity index (χ0) is 22.6. The van der Waals surface area contributed by atoms with Crippen molar-refractivity contribution in [1.29, 1.82) is 0 Å². The van der Waals surface area contributed by atoms with Crippen LogP contribution < -0.4 is 27.4 Å². The first-order valence-corrected chi connectivity index (χ1v) is 9.07. The van der Waals surface area contributed by atoms with Gasteiger partial charge in [-0.2, -0.15) is 12.6 Å². The van der Waals surface area contributed by atoms with E-state index < -0.39 is 66.7 Å². The van der Waals surface area contributed by atoms with Crippen molar-refractivity contribution in [3.05, 3.63) is 0 Å². The summed E-state index contributed by atoms with van der Waals surface area (Å²) in [6.07, 6.45) is -1.29. The van der Waals surface area contributed by atoms with E-state index in [1.165, 1.54) is 0 Å². The SMILES string of the molecule is NC(=O)CCC(NC(=O)C(CCC(=O)O)NC(=O)C(N)CS)C(=O)NCC(=O)O. The molecule has 164 valence electrons. The second-order valence-corrected chi connectivity index (χ2v) is 6.33. The minimum atomic E-state index is -1.34. The fourth-order valence-electron chi connectivity index (χ4n) is 2.01. The molecule has 14 heteroatoms. The van der Waals surface area contributed by atoms with E-state index in [1.54, 1.807) is 0 Å². The van der Waals surface area contributed by atoms with Gasteiger partial charge in [0, 0.05) is 18.6 Å². The quantitative estimate of drug-likeness (QED) is 0.127. The van der Waals surface area contributed by atoms with Crippen molar-refractivity contribution in [2.75, 3.05) is 12.3 Å². The fourth-order valence-corrected chi connectivity index (χ4v) is 2.18. The van der Waals surface area contributed by atoms with E-state index in [0.717, 1.165) is 0 Å². The van der Waals surface area contributed by atoms with E-state index in [-0.39, 0.29) is 25.0 Å². The summed E-state index contributed by atoms with van der Waals surface area (Å²) < 4.78 is 0. The first-order chi connectivity index (χ1) is 13.5. The van der Waals surface area contributed by atoms with Crippen LogP contribution in [0, 0.1) is 0 Å². The van der Waals surface area contributed by atoms with Crippen molar-refractivity contribution in [1.82, 2.24) is 16.0 Å². The van der Waals surface area contributed by atoms with E-state index in [2.05, 4.69) is 28.6 Å². The van der Waals surface area contributed by atoms with Crippen LogP contribution in [0.15, 0.2) is 0 Å². The number of amides is 4. The summed E-state index contributed by atoms with van der Waals surface area (Å²) in [5, 5.41) is 24.0. The van der Waals surface area contributed by atoms with Crippen molar-refractivity contribution in [3.63, 3.8) is 0 Å². The van der Waals surface area contributed by atoms with Gasteiger partial charge < -0.3 is 37.6 Å². The molecule has 3 atom stereocenters. The molecule has 9 N–H and O–H groups in total. The molecule has 0 aliphatic heterocycles. The van der Waals surface area contributed by atoms with E-state index >= 15 is 0 Å². The third-order valence-electron chi connectivity index (χ3n) is 3.54. The number of hydrogen-bond acceptors (Lipinski definition) is 8. The van der Waals surface area contributed by atoms with Crippen molar-refractivity contribution >= 4 is 48.2 Å². The molecule has 0 saturated carbocycles.